The average molecular weight is 1080 g/mol. The molecule has 2 unspecified atom stereocenters. The number of rotatable bonds is 21. The molecule has 0 aromatic carbocycles. The standard InChI is InChI=1S/C35H58N2O2.C33H55NO2.3CH4/c1-26(2)9-7-10-28(4)32-16-17-33-29(11-8-19-35(32,33)5)13-14-30-25-31(15-12-27(30)3)39-34(38)18-20-37-23-21-36(6)22-24-37;1-24(2)11-8-12-26(4)30-19-20-31-27(13-9-21-33(30,31)5)16-17-28-23-29(18-15-25(28)3)36-32(35)14-10-22-34(6)7;;;/h13-14,26,28,31-33H,3,7-12,15-25H2,1-2,4-6H3;16-17,24,26,29-31H,3,8-15,18-23H2,1-2,4-7H3;3*1H4/b29-13+,30-14+;27-16+,28-17+;;;/t28-,31+,32-,33?,35-;26-,29+,30-,31?,33-;;;/m11.../s1. The van der Waals surface area contributed by atoms with Gasteiger partial charge in [0.25, 0.3) is 0 Å². The van der Waals surface area contributed by atoms with Crippen molar-refractivity contribution in [2.75, 3.05) is 60.4 Å². The van der Waals surface area contributed by atoms with Gasteiger partial charge in [-0.1, -0.05) is 176 Å². The van der Waals surface area contributed by atoms with E-state index in [4.69, 9.17) is 9.47 Å². The van der Waals surface area contributed by atoms with Crippen molar-refractivity contribution in [1.29, 1.82) is 0 Å². The van der Waals surface area contributed by atoms with E-state index in [0.29, 0.717) is 23.7 Å². The van der Waals surface area contributed by atoms with Gasteiger partial charge < -0.3 is 24.2 Å². The first kappa shape index (κ1) is 69.5. The van der Waals surface area contributed by atoms with E-state index in [9.17, 15) is 9.59 Å². The number of hydrogen-bond donors (Lipinski definition) is 0. The number of allylic oxidation sites excluding steroid dienone is 8. The van der Waals surface area contributed by atoms with Gasteiger partial charge in [0.1, 0.15) is 12.2 Å². The maximum absolute atomic E-state index is 12.6. The Labute approximate surface area is 483 Å². The zero-order chi connectivity index (χ0) is 54.3. The molecular formula is C71H125N3O4. The van der Waals surface area contributed by atoms with E-state index < -0.39 is 0 Å². The van der Waals surface area contributed by atoms with Crippen LogP contribution in [0.15, 0.2) is 70.9 Å². The zero-order valence-electron chi connectivity index (χ0n) is 50.4. The van der Waals surface area contributed by atoms with Crippen LogP contribution in [0.25, 0.3) is 0 Å². The van der Waals surface area contributed by atoms with Crippen molar-refractivity contribution in [1.82, 2.24) is 14.7 Å². The first-order valence-corrected chi connectivity index (χ1v) is 31.4. The molecule has 1 heterocycles. The normalized spacial score (nSPS) is 31.5. The summed E-state index contributed by atoms with van der Waals surface area (Å²) in [4.78, 5) is 31.8. The summed E-state index contributed by atoms with van der Waals surface area (Å²) in [6.45, 7) is 34.5. The predicted molar refractivity (Wildman–Crippen MR) is 337 cm³/mol. The monoisotopic (exact) mass is 1080 g/mol. The van der Waals surface area contributed by atoms with E-state index >= 15 is 0 Å². The second-order valence-corrected chi connectivity index (χ2v) is 27.4. The van der Waals surface area contributed by atoms with Crippen molar-refractivity contribution < 1.29 is 19.1 Å². The molecule has 1 aliphatic heterocycles. The minimum Gasteiger partial charge on any atom is -0.462 e. The molecule has 1 saturated heterocycles. The molecular weight excluding hydrogens is 959 g/mol. The number of nitrogens with zero attached hydrogens (tertiary/aromatic N) is 3. The third-order valence-electron chi connectivity index (χ3n) is 20.5. The van der Waals surface area contributed by atoms with Crippen LogP contribution in [0.2, 0.25) is 0 Å². The van der Waals surface area contributed by atoms with Crippen LogP contribution < -0.4 is 0 Å². The summed E-state index contributed by atoms with van der Waals surface area (Å²) < 4.78 is 11.8. The molecule has 6 aliphatic carbocycles. The van der Waals surface area contributed by atoms with E-state index in [2.05, 4.69) is 115 Å². The van der Waals surface area contributed by atoms with Crippen LogP contribution in [-0.4, -0.2) is 99.3 Å². The highest BCUT2D eigenvalue weighted by Gasteiger charge is 2.51. The van der Waals surface area contributed by atoms with Gasteiger partial charge in [0, 0.05) is 52.0 Å². The average Bonchev–Trinajstić information content (AvgIpc) is 3.91. The first-order chi connectivity index (χ1) is 35.7. The largest absolute Gasteiger partial charge is 0.462 e. The van der Waals surface area contributed by atoms with Crippen molar-refractivity contribution in [2.24, 2.45) is 58.2 Å². The highest BCUT2D eigenvalue weighted by Crippen LogP contribution is 2.61. The number of carbonyl (C=O) groups is 2. The van der Waals surface area contributed by atoms with Crippen LogP contribution in [0.1, 0.15) is 238 Å². The summed E-state index contributed by atoms with van der Waals surface area (Å²) in [5, 5.41) is 0. The molecule has 10 atom stereocenters. The van der Waals surface area contributed by atoms with Gasteiger partial charge in [-0.25, -0.2) is 0 Å². The second-order valence-electron chi connectivity index (χ2n) is 27.4. The topological polar surface area (TPSA) is 62.3 Å². The summed E-state index contributed by atoms with van der Waals surface area (Å²) in [5.41, 5.74) is 9.33. The van der Waals surface area contributed by atoms with Crippen LogP contribution in [0.3, 0.4) is 0 Å². The molecule has 448 valence electrons. The van der Waals surface area contributed by atoms with E-state index in [1.54, 1.807) is 11.1 Å². The molecule has 7 heteroatoms. The van der Waals surface area contributed by atoms with Crippen molar-refractivity contribution in [3.63, 3.8) is 0 Å². The van der Waals surface area contributed by atoms with Gasteiger partial charge in [0.15, 0.2) is 0 Å². The fourth-order valence-corrected chi connectivity index (χ4v) is 15.8. The third-order valence-corrected chi connectivity index (χ3v) is 20.5. The number of esters is 2. The second kappa shape index (κ2) is 33.4. The lowest BCUT2D eigenvalue weighted by Gasteiger charge is -2.44. The van der Waals surface area contributed by atoms with E-state index in [-0.39, 0.29) is 46.4 Å². The summed E-state index contributed by atoms with van der Waals surface area (Å²) in [5.74, 6) is 6.44. The summed E-state index contributed by atoms with van der Waals surface area (Å²) >= 11 is 0. The Morgan fingerprint density at radius 2 is 1.04 bits per heavy atom. The molecule has 0 bridgehead atoms. The predicted octanol–water partition coefficient (Wildman–Crippen LogP) is 18.2. The summed E-state index contributed by atoms with van der Waals surface area (Å²) in [6.07, 6.45) is 38.5. The maximum atomic E-state index is 12.6. The van der Waals surface area contributed by atoms with Gasteiger partial charge >= 0.3 is 11.9 Å². The number of fused-ring (bicyclic) bond motifs is 2. The van der Waals surface area contributed by atoms with Crippen LogP contribution in [0.4, 0.5) is 0 Å². The molecule has 7 aliphatic rings. The Hall–Kier alpha value is -2.74. The Morgan fingerprint density at radius 1 is 0.603 bits per heavy atom. The van der Waals surface area contributed by atoms with Gasteiger partial charge in [0.2, 0.25) is 0 Å². The number of carbonyl (C=O) groups excluding carboxylic acids is 2. The number of hydrogen-bond acceptors (Lipinski definition) is 7. The lowest BCUT2D eigenvalue weighted by Crippen LogP contribution is -2.45. The van der Waals surface area contributed by atoms with Crippen molar-refractivity contribution in [3.05, 3.63) is 70.9 Å². The van der Waals surface area contributed by atoms with Gasteiger partial charge in [-0.05, 0) is 193 Å². The van der Waals surface area contributed by atoms with Gasteiger partial charge in [-0.2, -0.15) is 0 Å². The van der Waals surface area contributed by atoms with Crippen molar-refractivity contribution in [2.45, 2.75) is 250 Å². The van der Waals surface area contributed by atoms with Gasteiger partial charge in [-0.3, -0.25) is 9.59 Å². The van der Waals surface area contributed by atoms with E-state index in [1.807, 2.05) is 14.1 Å². The Bertz CT molecular complexity index is 1980. The Balaban J connectivity index is 0.000000396. The molecule has 0 aromatic heterocycles. The van der Waals surface area contributed by atoms with Crippen LogP contribution in [0.5, 0.6) is 0 Å². The first-order valence-electron chi connectivity index (χ1n) is 31.4. The van der Waals surface area contributed by atoms with Gasteiger partial charge in [-0.15, -0.1) is 0 Å². The lowest BCUT2D eigenvalue weighted by atomic mass is 9.60. The highest BCUT2D eigenvalue weighted by molar-refractivity contribution is 5.70. The molecule has 7 fully saturated rings. The summed E-state index contributed by atoms with van der Waals surface area (Å²) in [6, 6.07) is 0. The molecule has 0 amide bonds. The van der Waals surface area contributed by atoms with Crippen molar-refractivity contribution in [3.8, 4) is 0 Å². The zero-order valence-corrected chi connectivity index (χ0v) is 50.4. The SMILES string of the molecule is C.C.C.C=C1CC[C@H](OC(=O)CCCN(C)C)C/C1=C\C=C1/CCC[C@@]2(C)C1CC[C@@H]2[C@H](C)CCCC(C)C.C=C1CC[C@H](OC(=O)CCN2CCN(C)CC2)C/C1=C\C=C1/CCC[C@@]2(C)C1CC[C@@H]2[C@H](C)CCCC(C)C. The van der Waals surface area contributed by atoms with Crippen molar-refractivity contribution >= 4 is 11.9 Å². The molecule has 7 nitrogen and oxygen atoms in total. The fourth-order valence-electron chi connectivity index (χ4n) is 15.8. The Kier molecular flexibility index (Phi) is 29.8. The quantitative estimate of drug-likeness (QED) is 0.106. The maximum Gasteiger partial charge on any atom is 0.307 e. The molecule has 0 radical (unpaired) electrons. The molecule has 0 spiro atoms. The summed E-state index contributed by atoms with van der Waals surface area (Å²) in [7, 11) is 6.25. The molecule has 7 rings (SSSR count). The molecule has 6 saturated carbocycles. The van der Waals surface area contributed by atoms with E-state index in [1.165, 1.54) is 125 Å². The minimum absolute atomic E-state index is 0. The van der Waals surface area contributed by atoms with E-state index in [0.717, 1.165) is 132 Å². The molecule has 78 heavy (non-hydrogen) atoms. The van der Waals surface area contributed by atoms with Gasteiger partial charge in [0.05, 0.1) is 6.42 Å². The smallest absolute Gasteiger partial charge is 0.307 e. The number of piperazine rings is 1. The number of likely N-dealkylation sites (N-methyl/N-ethyl adjacent to an activating group) is 1. The van der Waals surface area contributed by atoms with Crippen LogP contribution >= 0.6 is 0 Å². The van der Waals surface area contributed by atoms with Crippen LogP contribution in [0, 0.1) is 58.2 Å². The minimum atomic E-state index is -0.0466. The third kappa shape index (κ3) is 20.0. The number of ether oxygens (including phenoxy) is 2. The fraction of sp³-hybridized carbons (Fsp3) is 0.803. The van der Waals surface area contributed by atoms with Crippen LogP contribution in [-0.2, 0) is 19.1 Å². The lowest BCUT2D eigenvalue weighted by molar-refractivity contribution is -0.150. The highest BCUT2D eigenvalue weighted by atomic mass is 16.5. The molecule has 0 N–H and O–H groups in total. The Morgan fingerprint density at radius 3 is 1.46 bits per heavy atom. The molecule has 0 aromatic rings.